The van der Waals surface area contributed by atoms with Crippen LogP contribution in [-0.2, 0) is 36.0 Å². The Morgan fingerprint density at radius 2 is 0.690 bits per heavy atom. The number of rotatable bonds is 23. The highest BCUT2D eigenvalue weighted by molar-refractivity contribution is 7.91. The molecule has 8 N–H and O–H groups in total. The van der Waals surface area contributed by atoms with Crippen molar-refractivity contribution < 1.29 is 52.3 Å². The Morgan fingerprint density at radius 1 is 0.405 bits per heavy atom. The maximum Gasteiger partial charge on any atom is 0.287 e. The summed E-state index contributed by atoms with van der Waals surface area (Å²) in [5, 5.41) is 41.8. The summed E-state index contributed by atoms with van der Waals surface area (Å²) in [5.41, 5.74) is 25.8. The number of aryl methyl sites for hydroxylation is 2. The molecule has 0 unspecified atom stereocenters. The molecule has 0 bridgehead atoms. The van der Waals surface area contributed by atoms with Crippen molar-refractivity contribution in [3.05, 3.63) is 274 Å². The van der Waals surface area contributed by atoms with E-state index in [4.69, 9.17) is 21.7 Å². The fourth-order valence-electron chi connectivity index (χ4n) is 14.8. The van der Waals surface area contributed by atoms with E-state index in [1.165, 1.54) is 94.2 Å². The summed E-state index contributed by atoms with van der Waals surface area (Å²) in [6.07, 6.45) is 4.90. The molecular weight excluding hydrogens is 1600 g/mol. The topological polar surface area (TPSA) is 323 Å². The number of nitro groups is 1. The number of nitrogens with two attached hydrogens (primary N) is 2. The predicted octanol–water partition coefficient (Wildman–Crippen LogP) is 20.9. The number of hydrogen-bond acceptors (Lipinski definition) is 16. The van der Waals surface area contributed by atoms with Crippen molar-refractivity contribution in [3.63, 3.8) is 0 Å². The van der Waals surface area contributed by atoms with Crippen LogP contribution in [0.5, 0.6) is 0 Å². The summed E-state index contributed by atoms with van der Waals surface area (Å²) in [7, 11) is -1.59. The SMILES string of the molecule is CC(=O)c1ccc2c(c1)c1cc(C(C)=O)ccc1n2CCN.CC(=O)c1ccc2c(c1)c1cc(C(C)=O)ccc1n2CCNC(C)C.CCCC.CCCn1c2ccc(C(C)=O)cc2c2cc(C(C)=O)ccc21.CCCn1c2ccccc2c2ccccc21.CN1CC1.NCCO.O=[N+]([O-])c1ccccc1S(=O)(=O)CCCO.c1ccc2c(c1)[nH]c1ccccc12. The first-order valence-corrected chi connectivity index (χ1v) is 44.8. The van der Waals surface area contributed by atoms with E-state index < -0.39 is 20.4 Å². The lowest BCUT2D eigenvalue weighted by molar-refractivity contribution is -0.387. The number of para-hydroxylation sites is 5. The van der Waals surface area contributed by atoms with Gasteiger partial charge in [-0.2, -0.15) is 0 Å². The monoisotopic (exact) mass is 1720 g/mol. The van der Waals surface area contributed by atoms with E-state index in [9.17, 15) is 47.3 Å². The number of nitro benzene ring substituents is 1. The Labute approximate surface area is 737 Å². The van der Waals surface area contributed by atoms with Crippen molar-refractivity contribution >= 4 is 159 Å². The second-order valence-electron chi connectivity index (χ2n) is 31.4. The van der Waals surface area contributed by atoms with Gasteiger partial charge in [-0.1, -0.05) is 139 Å². The van der Waals surface area contributed by atoms with Gasteiger partial charge in [0.1, 0.15) is 4.90 Å². The first-order chi connectivity index (χ1) is 60.5. The molecule has 0 atom stereocenters. The third-order valence-corrected chi connectivity index (χ3v) is 23.4. The number of hydrogen-bond donors (Lipinski definition) is 6. The standard InChI is InChI=1S/C21H24N2O2.C19H19NO2.C18H18N2O2.C15H15N.C12H9N.C9H11NO5S.C4H10.C3H7N.C2H7NO/c1-13(2)22-9-10-23-20-7-5-16(14(3)24)11-18(20)19-12-17(15(4)25)6-8-21(19)23;1-4-9-20-18-7-5-14(12(2)21)10-16(18)17-11-15(13(3)22)6-8-19(17)20;1-11(21)13-3-5-17-15(9-13)16-10-14(12(2)22)4-6-18(16)20(17)8-7-19;1-2-11-16-14-9-5-3-7-12(14)13-8-4-6-10-15(13)16;1-3-7-11-9(5-1)10-6-2-4-8-12(10)13-11;11-6-3-7-16(14,15)9-5-2-1-4-8(9)10(12)13;1-3-4-2;1-4-2-3-4;3-1-2-4/h5-8,11-13,22H,9-10H2,1-4H3;5-8,10-11H,4,9H2,1-3H3;3-6,9-10H,7-8,19H2,1-2H3;3-10H,2,11H2,1H3;1-8,13H;1-2,4-5,11H,3,6-7H2;3-4H2,1-2H3;2-3H2,1H3;4H,1-3H2. The molecule has 660 valence electrons. The number of unbranched alkanes of at least 4 members (excludes halogenated alkanes) is 1. The van der Waals surface area contributed by atoms with Gasteiger partial charge in [0.2, 0.25) is 0 Å². The number of aliphatic hydroxyl groups is 2. The fourth-order valence-corrected chi connectivity index (χ4v) is 16.2. The largest absolute Gasteiger partial charge is 0.396 e. The molecule has 1 aliphatic heterocycles. The number of fused-ring (bicyclic) bond motifs is 15. The number of nitrogens with one attached hydrogen (secondary N) is 2. The summed E-state index contributed by atoms with van der Waals surface area (Å²) in [4.78, 5) is 85.4. The van der Waals surface area contributed by atoms with Gasteiger partial charge >= 0.3 is 0 Å². The van der Waals surface area contributed by atoms with Gasteiger partial charge in [0.15, 0.2) is 44.5 Å². The summed E-state index contributed by atoms with van der Waals surface area (Å²) < 4.78 is 32.5. The summed E-state index contributed by atoms with van der Waals surface area (Å²) in [6, 6.07) is 74.4. The van der Waals surface area contributed by atoms with Crippen LogP contribution in [-0.4, -0.2) is 151 Å². The number of nitrogens with zero attached hydrogens (tertiary/aromatic N) is 6. The van der Waals surface area contributed by atoms with E-state index in [0.29, 0.717) is 59.1 Å². The van der Waals surface area contributed by atoms with E-state index in [0.717, 1.165) is 104 Å². The molecule has 0 spiro atoms. The minimum Gasteiger partial charge on any atom is -0.396 e. The van der Waals surface area contributed by atoms with Crippen LogP contribution in [0.25, 0.3) is 109 Å². The molecule has 23 heteroatoms. The number of ketones is 6. The number of sulfone groups is 1. The van der Waals surface area contributed by atoms with Crippen LogP contribution < -0.4 is 16.8 Å². The molecule has 1 aliphatic rings. The highest BCUT2D eigenvalue weighted by atomic mass is 32.2. The van der Waals surface area contributed by atoms with E-state index in [-0.39, 0.29) is 65.0 Å². The fraction of sp³-hybridized carbons (Fsp3) is 0.301. The van der Waals surface area contributed by atoms with Gasteiger partial charge in [0, 0.05) is 220 Å². The van der Waals surface area contributed by atoms with Crippen molar-refractivity contribution in [2.75, 3.05) is 58.7 Å². The Morgan fingerprint density at radius 3 is 0.968 bits per heavy atom. The van der Waals surface area contributed by atoms with Crippen LogP contribution in [0.1, 0.15) is 177 Å². The van der Waals surface area contributed by atoms with Crippen LogP contribution in [0.15, 0.2) is 235 Å². The maximum atomic E-state index is 11.8. The first kappa shape index (κ1) is 97.4. The zero-order valence-corrected chi connectivity index (χ0v) is 75.6. The minimum absolute atomic E-state index is 0.0318. The molecule has 17 rings (SSSR count). The zero-order valence-electron chi connectivity index (χ0n) is 74.8. The third-order valence-electron chi connectivity index (χ3n) is 21.5. The van der Waals surface area contributed by atoms with Crippen LogP contribution in [0.3, 0.4) is 0 Å². The Balaban J connectivity index is 0.000000168. The van der Waals surface area contributed by atoms with Gasteiger partial charge < -0.3 is 55.1 Å². The molecule has 1 saturated heterocycles. The second-order valence-corrected chi connectivity index (χ2v) is 33.5. The lowest BCUT2D eigenvalue weighted by Crippen LogP contribution is -2.26. The molecule has 126 heavy (non-hydrogen) atoms. The molecule has 6 heterocycles. The van der Waals surface area contributed by atoms with Crippen molar-refractivity contribution in [3.8, 4) is 0 Å². The van der Waals surface area contributed by atoms with Gasteiger partial charge in [-0.3, -0.25) is 38.9 Å². The van der Waals surface area contributed by atoms with Gasteiger partial charge in [-0.05, 0) is 207 Å². The smallest absolute Gasteiger partial charge is 0.287 e. The van der Waals surface area contributed by atoms with Crippen LogP contribution in [0, 0.1) is 10.1 Å². The number of aromatic amines is 1. The summed E-state index contributed by atoms with van der Waals surface area (Å²) in [5.74, 6) is -0.0244. The molecule has 22 nitrogen and oxygen atoms in total. The van der Waals surface area contributed by atoms with Gasteiger partial charge in [-0.15, -0.1) is 0 Å². The lowest BCUT2D eigenvalue weighted by Gasteiger charge is -2.11. The quantitative estimate of drug-likeness (QED) is 0.0150. The van der Waals surface area contributed by atoms with Crippen molar-refractivity contribution in [1.29, 1.82) is 0 Å². The average Bonchev–Trinajstić information content (AvgIpc) is 1.61. The molecule has 0 amide bonds. The summed E-state index contributed by atoms with van der Waals surface area (Å²) >= 11 is 0. The van der Waals surface area contributed by atoms with Crippen molar-refractivity contribution in [2.24, 2.45) is 11.5 Å². The Hall–Kier alpha value is -12.5. The van der Waals surface area contributed by atoms with Crippen LogP contribution >= 0.6 is 0 Å². The highest BCUT2D eigenvalue weighted by Gasteiger charge is 2.25. The maximum absolute atomic E-state index is 11.8. The number of carbonyl (C=O) groups excluding carboxylic acids is 6. The van der Waals surface area contributed by atoms with Crippen molar-refractivity contribution in [1.82, 2.24) is 33.5 Å². The average molecular weight is 1720 g/mol. The minimum atomic E-state index is -3.70. The predicted molar refractivity (Wildman–Crippen MR) is 517 cm³/mol. The number of Topliss-reactive ketones (excluding diaryl/α,β-unsaturated/α-hetero) is 6. The van der Waals surface area contributed by atoms with Crippen molar-refractivity contribution in [2.45, 2.75) is 152 Å². The number of aliphatic hydroxyl groups excluding tert-OH is 2. The first-order valence-electron chi connectivity index (χ1n) is 43.2. The Kier molecular flexibility index (Phi) is 35.9. The molecule has 1 fully saturated rings. The molecule has 5 aromatic heterocycles. The lowest BCUT2D eigenvalue weighted by atomic mass is 10.0. The van der Waals surface area contributed by atoms with Gasteiger partial charge in [0.05, 0.1) is 17.3 Å². The number of aromatic nitrogens is 5. The van der Waals surface area contributed by atoms with Gasteiger partial charge in [-0.25, -0.2) is 8.42 Å². The van der Waals surface area contributed by atoms with Crippen LogP contribution in [0.4, 0.5) is 5.69 Å². The second kappa shape index (κ2) is 46.5. The molecule has 0 radical (unpaired) electrons. The molecule has 0 aliphatic carbocycles. The third kappa shape index (κ3) is 24.6. The highest BCUT2D eigenvalue weighted by Crippen LogP contribution is 2.36. The summed E-state index contributed by atoms with van der Waals surface area (Å²) in [6.45, 7) is 30.2. The van der Waals surface area contributed by atoms with Crippen LogP contribution in [0.2, 0.25) is 0 Å². The van der Waals surface area contributed by atoms with E-state index in [1.54, 1.807) is 41.5 Å². The molecule has 0 saturated carbocycles. The Bertz CT molecular complexity index is 6160. The number of H-pyrrole nitrogens is 1. The normalized spacial score (nSPS) is 11.5. The number of carbonyl (C=O) groups is 6. The van der Waals surface area contributed by atoms with E-state index in [1.807, 2.05) is 109 Å². The van der Waals surface area contributed by atoms with E-state index in [2.05, 4.69) is 179 Å². The molecule has 11 aromatic carbocycles. The van der Waals surface area contributed by atoms with E-state index >= 15 is 0 Å². The van der Waals surface area contributed by atoms with Gasteiger partial charge in [0.25, 0.3) is 5.69 Å². The zero-order chi connectivity index (χ0) is 91.5. The molecular formula is C103H120N10O12S. The number of likely N-dealkylation sites (N-methyl/N-ethyl adjacent to an activating group) is 1. The number of benzene rings is 11. The molecule has 16 aromatic rings.